The third kappa shape index (κ3) is 4.78. The van der Waals surface area contributed by atoms with Crippen LogP contribution in [0.25, 0.3) is 22.0 Å². The smallest absolute Gasteiger partial charge is 0.356 e. The molecule has 5 rings (SSSR count). The van der Waals surface area contributed by atoms with Gasteiger partial charge >= 0.3 is 5.97 Å². The van der Waals surface area contributed by atoms with Crippen LogP contribution in [0.5, 0.6) is 17.2 Å². The largest absolute Gasteiger partial charge is 0.492 e. The van der Waals surface area contributed by atoms with Crippen molar-refractivity contribution in [2.24, 2.45) is 0 Å². The van der Waals surface area contributed by atoms with E-state index in [9.17, 15) is 9.59 Å². The summed E-state index contributed by atoms with van der Waals surface area (Å²) in [6.07, 6.45) is 0. The Morgan fingerprint density at radius 1 is 0.971 bits per heavy atom. The summed E-state index contributed by atoms with van der Waals surface area (Å²) in [6.45, 7) is 0.334. The summed E-state index contributed by atoms with van der Waals surface area (Å²) in [5, 5.41) is 11.6. The minimum Gasteiger partial charge on any atom is -0.492 e. The number of fused-ring (bicyclic) bond motifs is 2. The molecule has 1 aromatic heterocycles. The van der Waals surface area contributed by atoms with Crippen molar-refractivity contribution in [3.63, 3.8) is 0 Å². The average Bonchev–Trinajstić information content (AvgIpc) is 3.54. The highest BCUT2D eigenvalue weighted by Crippen LogP contribution is 2.35. The number of hydrogen-bond acceptors (Lipinski definition) is 7. The Labute approximate surface area is 194 Å². The number of benzene rings is 3. The summed E-state index contributed by atoms with van der Waals surface area (Å²) in [5.74, 6) is 0.892. The van der Waals surface area contributed by atoms with Crippen LogP contribution in [0.15, 0.2) is 66.7 Å². The monoisotopic (exact) mass is 459 g/mol. The van der Waals surface area contributed by atoms with Gasteiger partial charge in [-0.05, 0) is 47.2 Å². The maximum absolute atomic E-state index is 12.3. The molecule has 0 atom stereocenters. The predicted molar refractivity (Wildman–Crippen MR) is 123 cm³/mol. The molecular weight excluding hydrogens is 438 g/mol. The molecule has 0 saturated carbocycles. The predicted octanol–water partition coefficient (Wildman–Crippen LogP) is 3.31. The summed E-state index contributed by atoms with van der Waals surface area (Å²) in [6, 6.07) is 20.7. The molecule has 9 nitrogen and oxygen atoms in total. The van der Waals surface area contributed by atoms with E-state index in [-0.39, 0.29) is 25.6 Å². The third-order valence-electron chi connectivity index (χ3n) is 5.21. The van der Waals surface area contributed by atoms with Crippen LogP contribution in [0.2, 0.25) is 0 Å². The highest BCUT2D eigenvalue weighted by atomic mass is 16.7. The topological polar surface area (TPSA) is 112 Å². The number of hydrogen-bond donors (Lipinski definition) is 2. The lowest BCUT2D eigenvalue weighted by Crippen LogP contribution is -2.32. The minimum absolute atomic E-state index is 0.139. The standard InChI is InChI=1S/C25H21N3O6/c29-24(26-9-10-31-19-7-5-16-3-1-2-4-17(16)11-19)14-32-25(30)21-13-20(27-28-21)18-6-8-22-23(12-18)34-15-33-22/h1-8,11-13H,9-10,14-15H2,(H,26,29)(H,27,28). The van der Waals surface area contributed by atoms with E-state index in [1.54, 1.807) is 18.2 Å². The average molecular weight is 459 g/mol. The van der Waals surface area contributed by atoms with Crippen molar-refractivity contribution >= 4 is 22.6 Å². The highest BCUT2D eigenvalue weighted by molar-refractivity contribution is 5.90. The molecule has 0 unspecified atom stereocenters. The summed E-state index contributed by atoms with van der Waals surface area (Å²) in [7, 11) is 0. The number of esters is 1. The lowest BCUT2D eigenvalue weighted by molar-refractivity contribution is -0.124. The van der Waals surface area contributed by atoms with Crippen molar-refractivity contribution in [1.82, 2.24) is 15.5 Å². The van der Waals surface area contributed by atoms with Crippen LogP contribution in [-0.2, 0) is 9.53 Å². The van der Waals surface area contributed by atoms with Crippen molar-refractivity contribution in [2.45, 2.75) is 0 Å². The SMILES string of the molecule is O=C(COC(=O)c1cc(-c2ccc3c(c2)OCO3)n[nH]1)NCCOc1ccc2ccccc2c1. The lowest BCUT2D eigenvalue weighted by atomic mass is 10.1. The molecule has 1 amide bonds. The molecule has 1 aliphatic heterocycles. The maximum Gasteiger partial charge on any atom is 0.356 e. The van der Waals surface area contributed by atoms with E-state index in [4.69, 9.17) is 18.9 Å². The first-order chi connectivity index (χ1) is 16.7. The molecule has 2 heterocycles. The number of aromatic nitrogens is 2. The van der Waals surface area contributed by atoms with Crippen LogP contribution in [0.4, 0.5) is 0 Å². The number of amides is 1. The zero-order valence-corrected chi connectivity index (χ0v) is 18.1. The van der Waals surface area contributed by atoms with Crippen LogP contribution in [0.1, 0.15) is 10.5 Å². The van der Waals surface area contributed by atoms with Gasteiger partial charge in [0, 0.05) is 5.56 Å². The van der Waals surface area contributed by atoms with Gasteiger partial charge in [0.15, 0.2) is 18.1 Å². The van der Waals surface area contributed by atoms with Gasteiger partial charge in [0.25, 0.3) is 5.91 Å². The number of aromatic amines is 1. The van der Waals surface area contributed by atoms with Gasteiger partial charge in [-0.3, -0.25) is 9.89 Å². The van der Waals surface area contributed by atoms with E-state index < -0.39 is 18.5 Å². The number of carbonyl (C=O) groups excluding carboxylic acids is 2. The zero-order chi connectivity index (χ0) is 23.3. The van der Waals surface area contributed by atoms with Crippen molar-refractivity contribution in [1.29, 1.82) is 0 Å². The number of rotatable bonds is 8. The summed E-state index contributed by atoms with van der Waals surface area (Å²) >= 11 is 0. The number of carbonyl (C=O) groups is 2. The van der Waals surface area contributed by atoms with Gasteiger partial charge in [-0.15, -0.1) is 0 Å². The number of ether oxygens (including phenoxy) is 4. The van der Waals surface area contributed by atoms with E-state index in [0.29, 0.717) is 17.2 Å². The Morgan fingerprint density at radius 3 is 2.74 bits per heavy atom. The van der Waals surface area contributed by atoms with Crippen LogP contribution >= 0.6 is 0 Å². The second-order valence-electron chi connectivity index (χ2n) is 7.52. The Hall–Kier alpha value is -4.53. The van der Waals surface area contributed by atoms with Crippen LogP contribution in [0, 0.1) is 0 Å². The molecule has 0 aliphatic carbocycles. The van der Waals surface area contributed by atoms with E-state index in [0.717, 1.165) is 22.1 Å². The number of H-pyrrole nitrogens is 1. The highest BCUT2D eigenvalue weighted by Gasteiger charge is 2.17. The second-order valence-corrected chi connectivity index (χ2v) is 7.52. The van der Waals surface area contributed by atoms with Crippen molar-refractivity contribution in [3.05, 3.63) is 72.4 Å². The van der Waals surface area contributed by atoms with E-state index in [1.807, 2.05) is 48.5 Å². The Morgan fingerprint density at radius 2 is 1.82 bits per heavy atom. The molecule has 0 spiro atoms. The zero-order valence-electron chi connectivity index (χ0n) is 18.1. The molecule has 3 aromatic carbocycles. The fourth-order valence-electron chi connectivity index (χ4n) is 3.51. The summed E-state index contributed by atoms with van der Waals surface area (Å²) < 4.78 is 21.4. The van der Waals surface area contributed by atoms with Gasteiger partial charge in [0.05, 0.1) is 12.2 Å². The summed E-state index contributed by atoms with van der Waals surface area (Å²) in [5.41, 5.74) is 1.43. The van der Waals surface area contributed by atoms with E-state index in [2.05, 4.69) is 15.5 Å². The molecule has 34 heavy (non-hydrogen) atoms. The number of nitrogens with zero attached hydrogens (tertiary/aromatic N) is 1. The van der Waals surface area contributed by atoms with Gasteiger partial charge in [-0.2, -0.15) is 5.10 Å². The van der Waals surface area contributed by atoms with Crippen molar-refractivity contribution < 1.29 is 28.5 Å². The van der Waals surface area contributed by atoms with Gasteiger partial charge in [-0.1, -0.05) is 30.3 Å². The van der Waals surface area contributed by atoms with Crippen molar-refractivity contribution in [2.75, 3.05) is 26.6 Å². The first kappa shape index (κ1) is 21.3. The van der Waals surface area contributed by atoms with Crippen molar-refractivity contribution in [3.8, 4) is 28.5 Å². The molecule has 0 fully saturated rings. The first-order valence-corrected chi connectivity index (χ1v) is 10.7. The third-order valence-corrected chi connectivity index (χ3v) is 5.21. The molecule has 0 radical (unpaired) electrons. The molecule has 172 valence electrons. The van der Waals surface area contributed by atoms with Crippen LogP contribution < -0.4 is 19.5 Å². The Bertz CT molecular complexity index is 1350. The number of nitrogens with one attached hydrogen (secondary N) is 2. The Kier molecular flexibility index (Phi) is 5.98. The lowest BCUT2D eigenvalue weighted by Gasteiger charge is -2.09. The maximum atomic E-state index is 12.3. The molecule has 1 aliphatic rings. The molecule has 0 saturated heterocycles. The molecule has 0 bridgehead atoms. The first-order valence-electron chi connectivity index (χ1n) is 10.7. The van der Waals surface area contributed by atoms with E-state index >= 15 is 0 Å². The fraction of sp³-hybridized carbons (Fsp3) is 0.160. The summed E-state index contributed by atoms with van der Waals surface area (Å²) in [4.78, 5) is 24.3. The van der Waals surface area contributed by atoms with Crippen LogP contribution in [-0.4, -0.2) is 48.6 Å². The fourth-order valence-corrected chi connectivity index (χ4v) is 3.51. The molecule has 2 N–H and O–H groups in total. The minimum atomic E-state index is -0.679. The molecular formula is C25H21N3O6. The van der Waals surface area contributed by atoms with Gasteiger partial charge < -0.3 is 24.3 Å². The van der Waals surface area contributed by atoms with Crippen LogP contribution in [0.3, 0.4) is 0 Å². The van der Waals surface area contributed by atoms with Gasteiger partial charge in [0.1, 0.15) is 18.1 Å². The molecule has 4 aromatic rings. The van der Waals surface area contributed by atoms with E-state index in [1.165, 1.54) is 0 Å². The molecule has 9 heteroatoms. The second kappa shape index (κ2) is 9.53. The normalized spacial score (nSPS) is 11.9. The quantitative estimate of drug-likeness (QED) is 0.307. The Balaban J connectivity index is 1.06. The van der Waals surface area contributed by atoms with Gasteiger partial charge in [-0.25, -0.2) is 4.79 Å². The van der Waals surface area contributed by atoms with Gasteiger partial charge in [0.2, 0.25) is 6.79 Å².